The molecule has 1 aliphatic carbocycles. The van der Waals surface area contributed by atoms with Crippen LogP contribution in [0.2, 0.25) is 0 Å². The summed E-state index contributed by atoms with van der Waals surface area (Å²) < 4.78 is 74.9. The van der Waals surface area contributed by atoms with Crippen LogP contribution in [0.5, 0.6) is 0 Å². The Labute approximate surface area is 723 Å². The highest BCUT2D eigenvalue weighted by Crippen LogP contribution is 2.56. The minimum Gasteiger partial charge on any atom is -0.454 e. The van der Waals surface area contributed by atoms with Crippen molar-refractivity contribution in [3.05, 3.63) is 251 Å². The van der Waals surface area contributed by atoms with Crippen LogP contribution < -0.4 is 21.3 Å². The number of esters is 7. The smallest absolute Gasteiger partial charge is 0.340 e. The number of amides is 4. The van der Waals surface area contributed by atoms with Crippen molar-refractivity contribution >= 4 is 73.3 Å². The number of carbonyl (C=O) groups is 11. The van der Waals surface area contributed by atoms with E-state index in [0.29, 0.717) is 109 Å². The van der Waals surface area contributed by atoms with Gasteiger partial charge in [0.2, 0.25) is 23.6 Å². The molecule has 0 bridgehead atoms. The summed E-state index contributed by atoms with van der Waals surface area (Å²) in [6.07, 6.45) is -2.23. The van der Waals surface area contributed by atoms with Gasteiger partial charge in [0.25, 0.3) is 5.79 Å². The number of fused-ring (bicyclic) bond motifs is 1. The maximum atomic E-state index is 14.2. The summed E-state index contributed by atoms with van der Waals surface area (Å²) in [5.74, 6) is -9.23. The fraction of sp³-hybridized carbons (Fsp3) is 0.442. The fourth-order valence-electron chi connectivity index (χ4n) is 15.4. The van der Waals surface area contributed by atoms with Gasteiger partial charge in [0.1, 0.15) is 13.8 Å². The Bertz CT molecular complexity index is 4550. The molecule has 0 aromatic heterocycles. The predicted octanol–water partition coefficient (Wildman–Crippen LogP) is 11.7. The van der Waals surface area contributed by atoms with Gasteiger partial charge in [0.05, 0.1) is 51.6 Å². The average molecular weight is 1700 g/mol. The molecule has 4 fully saturated rings. The molecule has 0 spiro atoms. The Morgan fingerprint density at radius 1 is 0.411 bits per heavy atom. The third-order valence-electron chi connectivity index (χ3n) is 22.0. The van der Waals surface area contributed by atoms with Gasteiger partial charge in [-0.2, -0.15) is 0 Å². The molecule has 4 N–H and O–H groups in total. The number of carbonyl (C=O) groups excluding carboxylic acids is 11. The second kappa shape index (κ2) is 49.1. The van der Waals surface area contributed by atoms with Crippen molar-refractivity contribution in [2.24, 2.45) is 5.92 Å². The fourth-order valence-corrected chi connectivity index (χ4v) is 15.4. The molecular weight excluding hydrogens is 1590 g/mol. The molecule has 7 aromatic rings. The highest BCUT2D eigenvalue weighted by Gasteiger charge is 2.78. The van der Waals surface area contributed by atoms with Gasteiger partial charge in [0, 0.05) is 71.2 Å². The van der Waals surface area contributed by atoms with Gasteiger partial charge in [-0.3, -0.25) is 19.2 Å². The molecular formula is C95H110BN5O23. The standard InChI is InChI=1S/C95H110BN5O23/c1-65-37-36-60-101(65)77(104)55-27-10-30-57-98-75(102)53-26-9-31-59-100-85(105)73(97-56-32-11-34-61-113-93-78-80(119-88(108)68-42-16-4-17-43-68)82(121-90(110)70-46-20-6-21-47-70)84(116-64-96)95(78,124-93)123-92(112)72-50-24-8-25-51-72)52-28-33-58-99-76(103)54-29-35-62-114-94-83(122-91(111)71-48-22-7-23-49-71)81(120-89(109)69-44-18-5-19-45-69)79(118-87(107)67-40-14-3-15-41-67)74(63-115-94)117-86(106)66-38-12-2-13-39-66/h2-8,12-25,38-51,65,73-74,78-84,93-94,97H,9-11,26-37,52-64H2,1H3,(H,98,102)(H,99,103)(H,100,105). The SMILES string of the molecule is [B]COC1C(OC(=O)c2ccccc2)C(OC(=O)c2ccccc2)C2C(OCCCCCNC(CCCCNC(=O)CCCCOC3OCC(OC(=O)c4ccccc4)C(OC(=O)c4ccccc4)C(OC(=O)c4ccccc4)C3OC(=O)c3ccccc3)C(=O)NCCCCCC(=O)NCCCCCC(=O)N3CCCC3C)OC12OC(=O)c1ccccc1. The molecule has 28 nitrogen and oxygen atoms in total. The Hall–Kier alpha value is -11.5. The first-order valence-electron chi connectivity index (χ1n) is 43.0. The summed E-state index contributed by atoms with van der Waals surface area (Å²) in [5, 5.41) is 12.5. The second-order valence-corrected chi connectivity index (χ2v) is 30.9. The van der Waals surface area contributed by atoms with Crippen molar-refractivity contribution < 1.29 is 110 Å². The third kappa shape index (κ3) is 27.3. The van der Waals surface area contributed by atoms with Crippen molar-refractivity contribution in [2.75, 3.05) is 59.1 Å². The summed E-state index contributed by atoms with van der Waals surface area (Å²) in [5.41, 5.74) is 1.03. The molecule has 1 saturated carbocycles. The molecule has 2 radical (unpaired) electrons. The normalized spacial score (nSPS) is 21.5. The topological polar surface area (TPSA) is 350 Å². The van der Waals surface area contributed by atoms with Crippen LogP contribution in [0.4, 0.5) is 0 Å². The van der Waals surface area contributed by atoms with E-state index in [1.807, 2.05) is 4.90 Å². The summed E-state index contributed by atoms with van der Waals surface area (Å²) >= 11 is 0. The van der Waals surface area contributed by atoms with E-state index in [2.05, 4.69) is 28.2 Å². The molecule has 3 saturated heterocycles. The first-order valence-corrected chi connectivity index (χ1v) is 43.0. The number of nitrogens with one attached hydrogen (secondary N) is 4. The number of benzene rings is 7. The van der Waals surface area contributed by atoms with E-state index >= 15 is 0 Å². The Morgan fingerprint density at radius 2 is 0.806 bits per heavy atom. The molecule has 4 aliphatic rings. The van der Waals surface area contributed by atoms with E-state index in [0.717, 1.165) is 38.6 Å². The lowest BCUT2D eigenvalue weighted by atomic mass is 9.92. The van der Waals surface area contributed by atoms with Crippen LogP contribution in [0.1, 0.15) is 201 Å². The zero-order valence-corrected chi connectivity index (χ0v) is 69.8. The minimum absolute atomic E-state index is 0.0402. The highest BCUT2D eigenvalue weighted by molar-refractivity contribution is 6.08. The van der Waals surface area contributed by atoms with Crippen molar-refractivity contribution in [1.29, 1.82) is 0 Å². The van der Waals surface area contributed by atoms with Gasteiger partial charge in [-0.1, -0.05) is 140 Å². The first kappa shape index (κ1) is 93.2. The predicted molar refractivity (Wildman–Crippen MR) is 454 cm³/mol. The van der Waals surface area contributed by atoms with Crippen molar-refractivity contribution in [1.82, 2.24) is 26.2 Å². The van der Waals surface area contributed by atoms with Crippen LogP contribution in [-0.2, 0) is 76.0 Å². The molecule has 13 atom stereocenters. The van der Waals surface area contributed by atoms with Gasteiger partial charge >= 0.3 is 41.8 Å². The number of likely N-dealkylation sites (tertiary alicyclic amines) is 1. The van der Waals surface area contributed by atoms with Gasteiger partial charge in [-0.15, -0.1) is 0 Å². The molecule has 656 valence electrons. The molecule has 7 aromatic carbocycles. The van der Waals surface area contributed by atoms with Crippen molar-refractivity contribution in [3.8, 4) is 0 Å². The van der Waals surface area contributed by atoms with Gasteiger partial charge in [-0.05, 0) is 188 Å². The van der Waals surface area contributed by atoms with E-state index in [9.17, 15) is 52.7 Å². The lowest BCUT2D eigenvalue weighted by molar-refractivity contribution is -0.439. The number of rotatable bonds is 48. The Morgan fingerprint density at radius 3 is 1.29 bits per heavy atom. The first-order chi connectivity index (χ1) is 60.5. The zero-order chi connectivity index (χ0) is 87.3. The number of ether oxygens (including phenoxy) is 12. The summed E-state index contributed by atoms with van der Waals surface area (Å²) in [6, 6.07) is 56.2. The molecule has 13 unspecified atom stereocenters. The van der Waals surface area contributed by atoms with Crippen LogP contribution in [-0.4, -0.2) is 210 Å². The van der Waals surface area contributed by atoms with E-state index in [-0.39, 0.29) is 88.6 Å². The molecule has 4 amide bonds. The quantitative estimate of drug-likeness (QED) is 0.0119. The average Bonchev–Trinajstić information content (AvgIpc) is 1.53. The largest absolute Gasteiger partial charge is 0.454 e. The van der Waals surface area contributed by atoms with Crippen LogP contribution in [0.15, 0.2) is 212 Å². The Kier molecular flexibility index (Phi) is 36.9. The van der Waals surface area contributed by atoms with E-state index in [1.54, 1.807) is 164 Å². The van der Waals surface area contributed by atoms with Crippen molar-refractivity contribution in [2.45, 2.75) is 202 Å². The van der Waals surface area contributed by atoms with Crippen LogP contribution in [0.3, 0.4) is 0 Å². The lowest BCUT2D eigenvalue weighted by Crippen LogP contribution is -2.67. The van der Waals surface area contributed by atoms with E-state index < -0.39 is 128 Å². The third-order valence-corrected chi connectivity index (χ3v) is 22.0. The number of unbranched alkanes of at least 4 members (excludes halogenated alkanes) is 8. The summed E-state index contributed by atoms with van der Waals surface area (Å²) in [7, 11) is 6.04. The zero-order valence-electron chi connectivity index (χ0n) is 69.8. The van der Waals surface area contributed by atoms with Crippen LogP contribution in [0.25, 0.3) is 0 Å². The number of nitrogens with zero attached hydrogens (tertiary/aromatic N) is 1. The van der Waals surface area contributed by atoms with Crippen molar-refractivity contribution in [3.63, 3.8) is 0 Å². The molecule has 11 rings (SSSR count). The lowest BCUT2D eigenvalue weighted by Gasteiger charge is -2.51. The number of hydrogen-bond donors (Lipinski definition) is 4. The molecule has 29 heteroatoms. The van der Waals surface area contributed by atoms with Gasteiger partial charge < -0.3 is 83.0 Å². The van der Waals surface area contributed by atoms with Crippen LogP contribution in [0, 0.1) is 5.92 Å². The monoisotopic (exact) mass is 1700 g/mol. The van der Waals surface area contributed by atoms with E-state index in [4.69, 9.17) is 64.7 Å². The number of hydrogen-bond acceptors (Lipinski definition) is 24. The van der Waals surface area contributed by atoms with Gasteiger partial charge in [0.15, 0.2) is 55.3 Å². The highest BCUT2D eigenvalue weighted by atomic mass is 16.8. The maximum Gasteiger partial charge on any atom is 0.340 e. The molecule has 124 heavy (non-hydrogen) atoms. The molecule has 3 heterocycles. The van der Waals surface area contributed by atoms with E-state index in [1.165, 1.54) is 48.5 Å². The van der Waals surface area contributed by atoms with Crippen LogP contribution >= 0.6 is 0 Å². The minimum atomic E-state index is -2.02. The molecule has 3 aliphatic heterocycles. The summed E-state index contributed by atoms with van der Waals surface area (Å²) in [4.78, 5) is 153. The summed E-state index contributed by atoms with van der Waals surface area (Å²) in [6.45, 7) is 3.66. The maximum absolute atomic E-state index is 14.2. The second-order valence-electron chi connectivity index (χ2n) is 30.9. The Balaban J connectivity index is 0.687. The van der Waals surface area contributed by atoms with Gasteiger partial charge in [-0.25, -0.2) is 33.6 Å².